The van der Waals surface area contributed by atoms with Gasteiger partial charge in [0, 0.05) is 18.7 Å². The van der Waals surface area contributed by atoms with Crippen molar-refractivity contribution in [3.8, 4) is 33.6 Å². The first-order valence-corrected chi connectivity index (χ1v) is 17.4. The SMILES string of the molecule is O=C([CH]c1ccccc1)N1CCCC1c1ncc(-c2ccc(-c3ccc(-c4cnc([C@@H]5CCCN5C(=O)[CH]c5ccccc5)[nH]4)c(F)c3)cc2)[nH]1. The molecule has 0 bridgehead atoms. The van der Waals surface area contributed by atoms with E-state index in [4.69, 9.17) is 0 Å². The minimum atomic E-state index is -0.359. The summed E-state index contributed by atoms with van der Waals surface area (Å²) < 4.78 is 15.6. The molecular formula is C42H37FN6O2. The summed E-state index contributed by atoms with van der Waals surface area (Å²) in [7, 11) is 0. The molecule has 2 saturated heterocycles. The van der Waals surface area contributed by atoms with Crippen molar-refractivity contribution in [3.05, 3.63) is 157 Å². The fourth-order valence-electron chi connectivity index (χ4n) is 7.23. The summed E-state index contributed by atoms with van der Waals surface area (Å²) in [4.78, 5) is 45.9. The van der Waals surface area contributed by atoms with Gasteiger partial charge in [-0.2, -0.15) is 0 Å². The third-order valence-electron chi connectivity index (χ3n) is 9.86. The van der Waals surface area contributed by atoms with Crippen LogP contribution in [-0.2, 0) is 9.59 Å². The second-order valence-electron chi connectivity index (χ2n) is 13.1. The lowest BCUT2D eigenvalue weighted by Crippen LogP contribution is -2.31. The molecule has 4 aromatic carbocycles. The lowest BCUT2D eigenvalue weighted by atomic mass is 10.0. The standard InChI is InChI=1S/C42H37FN6O2/c43-34-25-32(19-20-33(34)36-27-45-42(47-36)38-14-8-22-49(38)40(51)24-29-11-5-2-6-12-29)30-15-17-31(18-16-30)35-26-44-41(46-35)37-13-7-21-48(37)39(50)23-28-9-3-1-4-10-28/h1-6,9-12,15-20,23-27,37-38H,7-8,13-14,21-22H2,(H,44,46)(H,45,47)/t37?,38-/m0/s1. The summed E-state index contributed by atoms with van der Waals surface area (Å²) >= 11 is 0. The lowest BCUT2D eigenvalue weighted by molar-refractivity contribution is -0.129. The van der Waals surface area contributed by atoms with Crippen molar-refractivity contribution in [1.82, 2.24) is 29.7 Å². The van der Waals surface area contributed by atoms with Gasteiger partial charge in [0.15, 0.2) is 0 Å². The quantitative estimate of drug-likeness (QED) is 0.162. The number of nitrogens with one attached hydrogen (secondary N) is 2. The molecule has 2 aliphatic heterocycles. The number of halogens is 1. The van der Waals surface area contributed by atoms with Crippen molar-refractivity contribution in [3.63, 3.8) is 0 Å². The van der Waals surface area contributed by atoms with Crippen LogP contribution in [0.2, 0.25) is 0 Å². The molecule has 2 fully saturated rings. The van der Waals surface area contributed by atoms with Crippen molar-refractivity contribution < 1.29 is 14.0 Å². The van der Waals surface area contributed by atoms with Crippen LogP contribution in [0.4, 0.5) is 4.39 Å². The summed E-state index contributed by atoms with van der Waals surface area (Å²) in [5, 5.41) is 0. The average Bonchev–Trinajstić information content (AvgIpc) is 3.99. The Morgan fingerprint density at radius 2 is 1.12 bits per heavy atom. The van der Waals surface area contributed by atoms with E-state index in [1.54, 1.807) is 25.1 Å². The van der Waals surface area contributed by atoms with Gasteiger partial charge in [-0.3, -0.25) is 9.59 Å². The first-order chi connectivity index (χ1) is 25.0. The molecule has 51 heavy (non-hydrogen) atoms. The maximum Gasteiger partial charge on any atom is 0.231 e. The minimum absolute atomic E-state index is 0.0116. The average molecular weight is 677 g/mol. The van der Waals surface area contributed by atoms with Crippen molar-refractivity contribution in [2.45, 2.75) is 37.8 Å². The van der Waals surface area contributed by atoms with Crippen LogP contribution in [0, 0.1) is 18.7 Å². The monoisotopic (exact) mass is 676 g/mol. The van der Waals surface area contributed by atoms with Crippen LogP contribution in [0.15, 0.2) is 116 Å². The number of imidazole rings is 2. The fourth-order valence-corrected chi connectivity index (χ4v) is 7.23. The molecule has 4 heterocycles. The van der Waals surface area contributed by atoms with E-state index >= 15 is 4.39 Å². The van der Waals surface area contributed by atoms with Gasteiger partial charge >= 0.3 is 0 Å². The Labute approximate surface area is 296 Å². The van der Waals surface area contributed by atoms with Crippen LogP contribution in [0.25, 0.3) is 33.6 Å². The van der Waals surface area contributed by atoms with Gasteiger partial charge in [0.05, 0.1) is 48.7 Å². The molecule has 0 spiro atoms. The molecule has 254 valence electrons. The lowest BCUT2D eigenvalue weighted by Gasteiger charge is -2.23. The highest BCUT2D eigenvalue weighted by Crippen LogP contribution is 2.35. The van der Waals surface area contributed by atoms with Crippen molar-refractivity contribution in [1.29, 1.82) is 0 Å². The molecule has 2 atom stereocenters. The van der Waals surface area contributed by atoms with Crippen molar-refractivity contribution in [2.24, 2.45) is 0 Å². The number of carbonyl (C=O) groups excluding carboxylic acids is 2. The number of aromatic amines is 2. The summed E-state index contributed by atoms with van der Waals surface area (Å²) in [6, 6.07) is 32.0. The second-order valence-corrected chi connectivity index (χ2v) is 13.1. The number of benzene rings is 4. The highest BCUT2D eigenvalue weighted by atomic mass is 19.1. The number of nitrogens with zero attached hydrogens (tertiary/aromatic N) is 4. The molecule has 2 aliphatic rings. The Bertz CT molecular complexity index is 2140. The van der Waals surface area contributed by atoms with Gasteiger partial charge in [0.1, 0.15) is 17.5 Å². The Kier molecular flexibility index (Phi) is 9.01. The largest absolute Gasteiger partial charge is 0.340 e. The smallest absolute Gasteiger partial charge is 0.231 e. The molecule has 2 N–H and O–H groups in total. The van der Waals surface area contributed by atoms with E-state index in [0.717, 1.165) is 65.0 Å². The number of hydrogen-bond donors (Lipinski definition) is 2. The van der Waals surface area contributed by atoms with E-state index in [2.05, 4.69) is 19.9 Å². The highest BCUT2D eigenvalue weighted by molar-refractivity contribution is 5.89. The number of amides is 2. The Hall–Kier alpha value is -5.83. The molecule has 2 aromatic heterocycles. The van der Waals surface area contributed by atoms with Gasteiger partial charge in [-0.1, -0.05) is 91.0 Å². The van der Waals surface area contributed by atoms with Gasteiger partial charge in [0.2, 0.25) is 11.8 Å². The molecule has 2 amide bonds. The third kappa shape index (κ3) is 6.84. The van der Waals surface area contributed by atoms with E-state index in [1.807, 2.05) is 107 Å². The van der Waals surface area contributed by atoms with Crippen LogP contribution < -0.4 is 0 Å². The van der Waals surface area contributed by atoms with Gasteiger partial charge in [0.25, 0.3) is 0 Å². The van der Waals surface area contributed by atoms with Crippen LogP contribution in [0.3, 0.4) is 0 Å². The first kappa shape index (κ1) is 32.4. The van der Waals surface area contributed by atoms with Crippen molar-refractivity contribution in [2.75, 3.05) is 13.1 Å². The van der Waals surface area contributed by atoms with Gasteiger partial charge in [-0.05, 0) is 65.6 Å². The minimum Gasteiger partial charge on any atom is -0.340 e. The molecule has 2 radical (unpaired) electrons. The topological polar surface area (TPSA) is 98.0 Å². The molecule has 9 heteroatoms. The molecule has 6 aromatic rings. The van der Waals surface area contributed by atoms with E-state index in [9.17, 15) is 9.59 Å². The zero-order chi connectivity index (χ0) is 34.7. The van der Waals surface area contributed by atoms with E-state index in [1.165, 1.54) is 6.07 Å². The van der Waals surface area contributed by atoms with Gasteiger partial charge in [-0.15, -0.1) is 0 Å². The van der Waals surface area contributed by atoms with Crippen LogP contribution in [-0.4, -0.2) is 54.6 Å². The molecular weight excluding hydrogens is 640 g/mol. The molecule has 0 aliphatic carbocycles. The van der Waals surface area contributed by atoms with E-state index in [0.29, 0.717) is 30.2 Å². The second kappa shape index (κ2) is 14.2. The molecule has 8 nitrogen and oxygen atoms in total. The summed E-state index contributed by atoms with van der Waals surface area (Å²) in [5.74, 6) is 1.01. The zero-order valence-corrected chi connectivity index (χ0v) is 28.0. The number of H-pyrrole nitrogens is 2. The number of hydrogen-bond acceptors (Lipinski definition) is 4. The van der Waals surface area contributed by atoms with Crippen LogP contribution in [0.5, 0.6) is 0 Å². The predicted octanol–water partition coefficient (Wildman–Crippen LogP) is 8.11. The predicted molar refractivity (Wildman–Crippen MR) is 194 cm³/mol. The zero-order valence-electron chi connectivity index (χ0n) is 28.0. The number of carbonyl (C=O) groups is 2. The highest BCUT2D eigenvalue weighted by Gasteiger charge is 2.33. The Morgan fingerprint density at radius 1 is 0.627 bits per heavy atom. The Balaban J connectivity index is 0.931. The summed E-state index contributed by atoms with van der Waals surface area (Å²) in [6.45, 7) is 1.35. The Morgan fingerprint density at radius 3 is 1.67 bits per heavy atom. The van der Waals surface area contributed by atoms with E-state index in [-0.39, 0.29) is 29.7 Å². The van der Waals surface area contributed by atoms with Gasteiger partial charge < -0.3 is 19.8 Å². The third-order valence-corrected chi connectivity index (χ3v) is 9.86. The van der Waals surface area contributed by atoms with Gasteiger partial charge in [-0.25, -0.2) is 14.4 Å². The van der Waals surface area contributed by atoms with E-state index < -0.39 is 0 Å². The normalized spacial score (nSPS) is 17.3. The van der Waals surface area contributed by atoms with Crippen LogP contribution >= 0.6 is 0 Å². The van der Waals surface area contributed by atoms with Crippen LogP contribution in [0.1, 0.15) is 60.5 Å². The molecule has 0 saturated carbocycles. The summed E-state index contributed by atoms with van der Waals surface area (Å²) in [6.07, 6.45) is 10.2. The number of likely N-dealkylation sites (tertiary alicyclic amines) is 2. The molecule has 8 rings (SSSR count). The molecule has 1 unspecified atom stereocenters. The fraction of sp³-hybridized carbons (Fsp3) is 0.190. The first-order valence-electron chi connectivity index (χ1n) is 17.4. The maximum absolute atomic E-state index is 15.6. The summed E-state index contributed by atoms with van der Waals surface area (Å²) in [5.41, 5.74) is 6.20. The number of rotatable bonds is 9. The number of aromatic nitrogens is 4. The maximum atomic E-state index is 15.6. The van der Waals surface area contributed by atoms with Crippen molar-refractivity contribution >= 4 is 11.8 Å².